The van der Waals surface area contributed by atoms with E-state index < -0.39 is 24.0 Å². The highest BCUT2D eigenvalue weighted by Gasteiger charge is 2.54. The summed E-state index contributed by atoms with van der Waals surface area (Å²) in [6, 6.07) is 0. The van der Waals surface area contributed by atoms with Gasteiger partial charge in [-0.3, -0.25) is 10.7 Å². The zero-order valence-electron chi connectivity index (χ0n) is 13.6. The molecule has 0 aliphatic carbocycles. The number of aromatic nitrogens is 3. The fourth-order valence-corrected chi connectivity index (χ4v) is 3.13. The van der Waals surface area contributed by atoms with Gasteiger partial charge in [0.25, 0.3) is 0 Å². The van der Waals surface area contributed by atoms with Gasteiger partial charge in [-0.1, -0.05) is 5.16 Å². The number of nitrogens with zero attached hydrogens (tertiary/aromatic N) is 4. The van der Waals surface area contributed by atoms with Crippen molar-refractivity contribution in [3.63, 3.8) is 0 Å². The number of hydrogen-bond donors (Lipinski definition) is 5. The van der Waals surface area contributed by atoms with Crippen molar-refractivity contribution in [3.8, 4) is 0 Å². The average molecular weight is 353 g/mol. The van der Waals surface area contributed by atoms with Crippen LogP contribution in [0.1, 0.15) is 18.7 Å². The van der Waals surface area contributed by atoms with E-state index in [0.717, 1.165) is 6.21 Å². The Morgan fingerprint density at radius 2 is 2.28 bits per heavy atom. The van der Waals surface area contributed by atoms with Crippen LogP contribution in [0.4, 0.5) is 5.82 Å². The van der Waals surface area contributed by atoms with Crippen LogP contribution in [0.5, 0.6) is 0 Å². The quantitative estimate of drug-likeness (QED) is 0.277. The van der Waals surface area contributed by atoms with Crippen molar-refractivity contribution < 1.29 is 30.1 Å². The fourth-order valence-electron chi connectivity index (χ4n) is 3.13. The molecule has 11 heteroatoms. The minimum Gasteiger partial charge on any atom is -0.411 e. The Hall–Kier alpha value is -2.31. The van der Waals surface area contributed by atoms with Crippen molar-refractivity contribution in [1.29, 1.82) is 0 Å². The second-order valence-electron chi connectivity index (χ2n) is 5.81. The van der Waals surface area contributed by atoms with Crippen molar-refractivity contribution >= 4 is 23.1 Å². The van der Waals surface area contributed by atoms with Crippen LogP contribution >= 0.6 is 0 Å². The lowest BCUT2D eigenvalue weighted by Gasteiger charge is -2.31. The highest BCUT2D eigenvalue weighted by atomic mass is 16.6. The molecule has 5 N–H and O–H groups in total. The lowest BCUT2D eigenvalue weighted by molar-refractivity contribution is -0.118. The molecule has 3 rings (SSSR count). The minimum absolute atomic E-state index is 0.107. The van der Waals surface area contributed by atoms with Crippen LogP contribution in [-0.4, -0.2) is 72.9 Å². The van der Waals surface area contributed by atoms with Gasteiger partial charge in [0.2, 0.25) is 0 Å². The van der Waals surface area contributed by atoms with E-state index in [9.17, 15) is 15.4 Å². The second-order valence-corrected chi connectivity index (χ2v) is 5.81. The van der Waals surface area contributed by atoms with Crippen molar-refractivity contribution in [3.05, 3.63) is 18.1 Å². The maximum absolute atomic E-state index is 10.4. The lowest BCUT2D eigenvalue weighted by Crippen LogP contribution is -2.46. The molecule has 2 unspecified atom stereocenters. The number of anilines is 1. The van der Waals surface area contributed by atoms with E-state index in [1.165, 1.54) is 13.4 Å². The van der Waals surface area contributed by atoms with Crippen LogP contribution in [0.15, 0.2) is 17.7 Å². The number of hydrogen-bond acceptors (Lipinski definition) is 10. The normalized spacial score (nSPS) is 29.7. The van der Waals surface area contributed by atoms with Gasteiger partial charge in [-0.25, -0.2) is 9.97 Å². The molecule has 0 saturated carbocycles. The molecule has 136 valence electrons. The zero-order valence-corrected chi connectivity index (χ0v) is 13.6. The first kappa shape index (κ1) is 17.5. The summed E-state index contributed by atoms with van der Waals surface area (Å²) < 4.78 is 12.8. The SMILES string of the molecule is CO[C@]1(C)C(O)C(CO)O[C@H]1n1cc(C=NO)c2c(NO)ncnc21. The predicted molar refractivity (Wildman–Crippen MR) is 84.7 cm³/mol. The summed E-state index contributed by atoms with van der Waals surface area (Å²) in [5, 5.41) is 41.5. The van der Waals surface area contributed by atoms with E-state index in [4.69, 9.17) is 14.7 Å². The Morgan fingerprint density at radius 3 is 2.88 bits per heavy atom. The first-order valence-electron chi connectivity index (χ1n) is 7.44. The number of oxime groups is 1. The Balaban J connectivity index is 2.22. The highest BCUT2D eigenvalue weighted by molar-refractivity contribution is 6.03. The highest BCUT2D eigenvalue weighted by Crippen LogP contribution is 2.42. The van der Waals surface area contributed by atoms with Gasteiger partial charge < -0.3 is 29.5 Å². The van der Waals surface area contributed by atoms with Crippen molar-refractivity contribution in [1.82, 2.24) is 14.5 Å². The first-order valence-corrected chi connectivity index (χ1v) is 7.44. The Labute approximate surface area is 142 Å². The molecule has 2 aromatic rings. The summed E-state index contributed by atoms with van der Waals surface area (Å²) >= 11 is 0. The molecule has 1 saturated heterocycles. The fraction of sp³-hybridized carbons (Fsp3) is 0.500. The molecule has 25 heavy (non-hydrogen) atoms. The maximum atomic E-state index is 10.4. The van der Waals surface area contributed by atoms with Crippen LogP contribution < -0.4 is 5.48 Å². The predicted octanol–water partition coefficient (Wildman–Crippen LogP) is -0.304. The Morgan fingerprint density at radius 1 is 1.52 bits per heavy atom. The standard InChI is InChI=1S/C14H19N5O6/c1-14(24-2)10(21)8(5-20)25-13(14)19-4-7(3-17-22)9-11(18-23)15-6-16-12(9)19/h3-4,6,8,10,13,20-23H,5H2,1-2H3,(H,15,16,18)/t8?,10?,13-,14-/m1/s1. The largest absolute Gasteiger partial charge is 0.411 e. The van der Waals surface area contributed by atoms with E-state index in [2.05, 4.69) is 15.1 Å². The molecule has 1 fully saturated rings. The minimum atomic E-state index is -1.18. The van der Waals surface area contributed by atoms with E-state index in [1.54, 1.807) is 17.7 Å². The molecule has 3 heterocycles. The van der Waals surface area contributed by atoms with Crippen LogP contribution in [0.3, 0.4) is 0 Å². The Kier molecular flexibility index (Phi) is 4.58. The molecule has 1 aliphatic heterocycles. The van der Waals surface area contributed by atoms with Gasteiger partial charge in [-0.2, -0.15) is 0 Å². The van der Waals surface area contributed by atoms with Gasteiger partial charge in [0.15, 0.2) is 12.0 Å². The Bertz CT molecular complexity index is 795. The third kappa shape index (κ3) is 2.53. The first-order chi connectivity index (χ1) is 12.0. The molecule has 0 radical (unpaired) electrons. The van der Waals surface area contributed by atoms with Gasteiger partial charge >= 0.3 is 0 Å². The van der Waals surface area contributed by atoms with Gasteiger partial charge in [0.05, 0.1) is 18.2 Å². The summed E-state index contributed by atoms with van der Waals surface area (Å²) in [6.45, 7) is 1.26. The molecule has 0 aromatic carbocycles. The molecule has 0 spiro atoms. The maximum Gasteiger partial charge on any atom is 0.167 e. The van der Waals surface area contributed by atoms with Crippen LogP contribution in [-0.2, 0) is 9.47 Å². The topological polar surface area (TPSA) is 154 Å². The zero-order chi connectivity index (χ0) is 18.2. The molecule has 2 aromatic heterocycles. The van der Waals surface area contributed by atoms with E-state index in [-0.39, 0.29) is 12.4 Å². The van der Waals surface area contributed by atoms with E-state index >= 15 is 0 Å². The van der Waals surface area contributed by atoms with Crippen molar-refractivity contribution in [2.24, 2.45) is 5.16 Å². The van der Waals surface area contributed by atoms with Crippen molar-refractivity contribution in [2.45, 2.75) is 31.0 Å². The summed E-state index contributed by atoms with van der Waals surface area (Å²) in [5.41, 5.74) is 1.54. The number of fused-ring (bicyclic) bond motifs is 1. The van der Waals surface area contributed by atoms with Crippen LogP contribution in [0.25, 0.3) is 11.0 Å². The average Bonchev–Trinajstić information content (AvgIpc) is 3.12. The second kappa shape index (κ2) is 6.54. The molecule has 0 amide bonds. The smallest absolute Gasteiger partial charge is 0.167 e. The van der Waals surface area contributed by atoms with Gasteiger partial charge in [0.1, 0.15) is 29.8 Å². The number of ether oxygens (including phenoxy) is 2. The van der Waals surface area contributed by atoms with Gasteiger partial charge in [-0.15, -0.1) is 0 Å². The number of rotatable bonds is 5. The van der Waals surface area contributed by atoms with Gasteiger partial charge in [-0.05, 0) is 6.92 Å². The third-order valence-electron chi connectivity index (χ3n) is 4.55. The third-order valence-corrected chi connectivity index (χ3v) is 4.55. The number of nitrogens with one attached hydrogen (secondary N) is 1. The lowest BCUT2D eigenvalue weighted by atomic mass is 9.96. The van der Waals surface area contributed by atoms with Crippen LogP contribution in [0, 0.1) is 0 Å². The summed E-state index contributed by atoms with van der Waals surface area (Å²) in [5.74, 6) is 0.107. The molecular weight excluding hydrogens is 334 g/mol. The summed E-state index contributed by atoms with van der Waals surface area (Å²) in [4.78, 5) is 8.11. The van der Waals surface area contributed by atoms with Crippen molar-refractivity contribution in [2.75, 3.05) is 19.2 Å². The molecule has 1 aliphatic rings. The monoisotopic (exact) mass is 353 g/mol. The van der Waals surface area contributed by atoms with Gasteiger partial charge in [0, 0.05) is 18.9 Å². The van der Waals surface area contributed by atoms with E-state index in [1.807, 2.05) is 5.48 Å². The molecule has 11 nitrogen and oxygen atoms in total. The summed E-state index contributed by atoms with van der Waals surface area (Å²) in [6.07, 6.45) is 1.18. The summed E-state index contributed by atoms with van der Waals surface area (Å²) in [7, 11) is 1.43. The number of methoxy groups -OCH3 is 1. The van der Waals surface area contributed by atoms with Crippen LogP contribution in [0.2, 0.25) is 0 Å². The molecule has 0 bridgehead atoms. The van der Waals surface area contributed by atoms with E-state index in [0.29, 0.717) is 16.6 Å². The number of aliphatic hydroxyl groups excluding tert-OH is 2. The molecule has 4 atom stereocenters. The molecular formula is C14H19N5O6. The number of aliphatic hydroxyl groups is 2.